The molecule has 51 heavy (non-hydrogen) atoms. The van der Waals surface area contributed by atoms with Crippen LogP contribution in [0.1, 0.15) is 129 Å². The Balaban J connectivity index is 0.00000504. The second-order valence-corrected chi connectivity index (χ2v) is 18.1. The number of hydrogen-bond donors (Lipinski definition) is 4. The first kappa shape index (κ1) is 40.7. The maximum absolute atomic E-state index is 13.6. The molecule has 0 aliphatic heterocycles. The quantitative estimate of drug-likeness (QED) is 0.246. The van der Waals surface area contributed by atoms with Gasteiger partial charge >= 0.3 is 29.6 Å². The largest absolute Gasteiger partial charge is 1.00 e. The van der Waals surface area contributed by atoms with Gasteiger partial charge in [0.25, 0.3) is 0 Å². The van der Waals surface area contributed by atoms with Gasteiger partial charge in [0.2, 0.25) is 11.8 Å². The number of rotatable bonds is 12. The van der Waals surface area contributed by atoms with Crippen LogP contribution in [0.5, 0.6) is 0 Å². The van der Waals surface area contributed by atoms with Gasteiger partial charge in [0.05, 0.1) is 12.2 Å². The molecule has 0 radical (unpaired) electrons. The van der Waals surface area contributed by atoms with Gasteiger partial charge in [-0.25, -0.2) is 0 Å². The Labute approximate surface area is 328 Å². The first-order valence-corrected chi connectivity index (χ1v) is 20.0. The molecule has 9 heteroatoms. The molecular weight excluding hydrogens is 651 g/mol. The first-order chi connectivity index (χ1) is 23.8. The summed E-state index contributed by atoms with van der Waals surface area (Å²) < 4.78 is 0. The third-order valence-electron chi connectivity index (χ3n) is 15.2. The summed E-state index contributed by atoms with van der Waals surface area (Å²) in [6, 6.07) is 8.96. The molecule has 5 saturated carbocycles. The van der Waals surface area contributed by atoms with Crippen LogP contribution in [0, 0.1) is 51.8 Å². The third kappa shape index (κ3) is 8.77. The Morgan fingerprint density at radius 1 is 0.902 bits per heavy atom. The number of aliphatic hydroxyl groups excluding tert-OH is 2. The Hall–Kier alpha value is -1.45. The maximum atomic E-state index is 13.6. The Morgan fingerprint density at radius 2 is 1.59 bits per heavy atom. The number of amides is 2. The fraction of sp³-hybridized carbons (Fsp3) is 0.786. The van der Waals surface area contributed by atoms with Crippen LogP contribution in [0.2, 0.25) is 0 Å². The van der Waals surface area contributed by atoms with Crippen molar-refractivity contribution in [3.63, 3.8) is 0 Å². The molecule has 0 aromatic heterocycles. The van der Waals surface area contributed by atoms with E-state index in [1.165, 1.54) is 0 Å². The summed E-state index contributed by atoms with van der Waals surface area (Å²) in [7, 11) is 0. The molecule has 278 valence electrons. The molecule has 6 rings (SSSR count). The summed E-state index contributed by atoms with van der Waals surface area (Å²) in [5.41, 5.74) is 0.813. The fourth-order valence-corrected chi connectivity index (χ4v) is 12.5. The maximum Gasteiger partial charge on any atom is 1.00 e. The van der Waals surface area contributed by atoms with Crippen molar-refractivity contribution in [2.24, 2.45) is 51.8 Å². The van der Waals surface area contributed by atoms with Crippen LogP contribution >= 0.6 is 0 Å². The molecule has 8 nitrogen and oxygen atoms in total. The summed E-state index contributed by atoms with van der Waals surface area (Å²) in [5.74, 6) is 1.10. The standard InChI is InChI=1S/C42H64N2O6.Na/c1-27(31-13-14-32-38-33(17-21-41(31,32)3)40(2)20-16-30(45)23-29(40)24-35(38)46)12-15-36(47)44-34(22-28-10-6-4-7-11-28)39(50)43-26-42(25-37(48)49)18-8-5-9-19-42;/h4,6-7,10-11,27,29-35,38,45-46H,5,8-9,12-26H2,1-3H3,(H,43,50)(H,44,47)(H,48,49);/q;+1/p-1/t27-,29?,30-,31?,32?,33?,34+,35?,38?,40+,41-;/m1./s1. The average molecular weight is 715 g/mol. The summed E-state index contributed by atoms with van der Waals surface area (Å²) >= 11 is 0. The van der Waals surface area contributed by atoms with Crippen LogP contribution in [-0.4, -0.2) is 52.8 Å². The van der Waals surface area contributed by atoms with Gasteiger partial charge in [0, 0.05) is 25.4 Å². The van der Waals surface area contributed by atoms with E-state index in [0.717, 1.165) is 95.5 Å². The van der Waals surface area contributed by atoms with Crippen LogP contribution in [0.3, 0.4) is 0 Å². The van der Waals surface area contributed by atoms with Crippen molar-refractivity contribution in [3.05, 3.63) is 35.9 Å². The Morgan fingerprint density at radius 3 is 2.29 bits per heavy atom. The molecule has 1 aromatic rings. The van der Waals surface area contributed by atoms with Crippen LogP contribution < -0.4 is 45.3 Å². The van der Waals surface area contributed by atoms with Crippen molar-refractivity contribution >= 4 is 17.8 Å². The number of carboxylic acids is 1. The van der Waals surface area contributed by atoms with E-state index in [2.05, 4.69) is 31.4 Å². The molecule has 0 saturated heterocycles. The number of nitrogens with one attached hydrogen (secondary N) is 2. The summed E-state index contributed by atoms with van der Waals surface area (Å²) in [6.45, 7) is 7.49. The van der Waals surface area contributed by atoms with E-state index in [1.807, 2.05) is 30.3 Å². The minimum absolute atomic E-state index is 0. The average Bonchev–Trinajstić information content (AvgIpc) is 3.44. The van der Waals surface area contributed by atoms with Gasteiger partial charge in [0.1, 0.15) is 6.04 Å². The summed E-state index contributed by atoms with van der Waals surface area (Å²) in [4.78, 5) is 38.8. The molecule has 0 heterocycles. The summed E-state index contributed by atoms with van der Waals surface area (Å²) in [6.07, 6.45) is 13.5. The zero-order valence-electron chi connectivity index (χ0n) is 31.8. The number of carboxylic acid groups (broad SMARTS) is 1. The van der Waals surface area contributed by atoms with Crippen LogP contribution in [0.15, 0.2) is 30.3 Å². The molecule has 5 fully saturated rings. The van der Waals surface area contributed by atoms with Gasteiger partial charge in [-0.2, -0.15) is 0 Å². The monoisotopic (exact) mass is 714 g/mol. The van der Waals surface area contributed by atoms with Crippen LogP contribution in [0.4, 0.5) is 0 Å². The van der Waals surface area contributed by atoms with E-state index in [4.69, 9.17) is 0 Å². The van der Waals surface area contributed by atoms with E-state index in [1.54, 1.807) is 0 Å². The smallest absolute Gasteiger partial charge is 0.550 e. The normalized spacial score (nSPS) is 36.6. The number of carbonyl (C=O) groups is 3. The number of aliphatic hydroxyl groups is 2. The summed E-state index contributed by atoms with van der Waals surface area (Å²) in [5, 5.41) is 39.7. The van der Waals surface area contributed by atoms with Crippen molar-refractivity contribution in [3.8, 4) is 0 Å². The zero-order chi connectivity index (χ0) is 35.7. The van der Waals surface area contributed by atoms with Gasteiger partial charge in [-0.1, -0.05) is 70.4 Å². The molecule has 5 aliphatic carbocycles. The van der Waals surface area contributed by atoms with E-state index in [9.17, 15) is 29.7 Å². The number of fused-ring (bicyclic) bond motifs is 5. The molecule has 0 spiro atoms. The zero-order valence-corrected chi connectivity index (χ0v) is 33.8. The van der Waals surface area contributed by atoms with Crippen molar-refractivity contribution in [2.75, 3.05) is 6.54 Å². The molecule has 11 atom stereocenters. The van der Waals surface area contributed by atoms with Gasteiger partial charge in [0.15, 0.2) is 0 Å². The van der Waals surface area contributed by atoms with Crippen LogP contribution in [-0.2, 0) is 20.8 Å². The predicted molar refractivity (Wildman–Crippen MR) is 191 cm³/mol. The van der Waals surface area contributed by atoms with Crippen molar-refractivity contribution in [1.29, 1.82) is 0 Å². The van der Waals surface area contributed by atoms with E-state index in [0.29, 0.717) is 48.3 Å². The molecule has 6 unspecified atom stereocenters. The Kier molecular flexibility index (Phi) is 13.5. The third-order valence-corrected chi connectivity index (χ3v) is 15.2. The van der Waals surface area contributed by atoms with E-state index in [-0.39, 0.29) is 77.4 Å². The van der Waals surface area contributed by atoms with Gasteiger partial charge in [-0.05, 0) is 134 Å². The molecular formula is C42H63N2NaO6. The topological polar surface area (TPSA) is 139 Å². The second kappa shape index (κ2) is 16.9. The molecule has 4 N–H and O–H groups in total. The van der Waals surface area contributed by atoms with Gasteiger partial charge < -0.3 is 30.7 Å². The van der Waals surface area contributed by atoms with Crippen molar-refractivity contribution in [1.82, 2.24) is 10.6 Å². The number of hydrogen-bond acceptors (Lipinski definition) is 6. The number of aliphatic carboxylic acids is 1. The second-order valence-electron chi connectivity index (χ2n) is 18.1. The Bertz CT molecular complexity index is 1350. The van der Waals surface area contributed by atoms with Crippen molar-refractivity contribution in [2.45, 2.75) is 148 Å². The first-order valence-electron chi connectivity index (χ1n) is 20.0. The number of benzene rings is 1. The minimum Gasteiger partial charge on any atom is -0.550 e. The molecule has 5 aliphatic rings. The van der Waals surface area contributed by atoms with Gasteiger partial charge in [-0.15, -0.1) is 0 Å². The predicted octanol–water partition coefficient (Wildman–Crippen LogP) is 2.33. The fourth-order valence-electron chi connectivity index (χ4n) is 12.5. The minimum atomic E-state index is -1.08. The SMILES string of the molecule is C[C@H](CCC(=O)N[C@@H](Cc1ccccc1)C(=O)NCC1(CC(=O)[O-])CCCCC1)C1CCC2C3C(O)CC4C[C@H](O)CC[C@]4(C)C3CC[C@@]21C.[Na+]. The van der Waals surface area contributed by atoms with Gasteiger partial charge in [-0.3, -0.25) is 9.59 Å². The molecule has 2 amide bonds. The van der Waals surface area contributed by atoms with Crippen LogP contribution in [0.25, 0.3) is 0 Å². The van der Waals surface area contributed by atoms with E-state index < -0.39 is 17.4 Å². The molecule has 1 aromatic carbocycles. The molecule has 0 bridgehead atoms. The van der Waals surface area contributed by atoms with Crippen molar-refractivity contribution < 1.29 is 59.3 Å². The van der Waals surface area contributed by atoms with E-state index >= 15 is 0 Å². The number of carbonyl (C=O) groups excluding carboxylic acids is 3.